The summed E-state index contributed by atoms with van der Waals surface area (Å²) >= 11 is 1.33. The molecule has 1 atom stereocenters. The smallest absolute Gasteiger partial charge is 0.263 e. The van der Waals surface area contributed by atoms with Crippen molar-refractivity contribution in [3.05, 3.63) is 4.88 Å². The van der Waals surface area contributed by atoms with Crippen molar-refractivity contribution in [3.63, 3.8) is 0 Å². The molecule has 1 aliphatic carbocycles. The number of rotatable bonds is 8. The van der Waals surface area contributed by atoms with Crippen LogP contribution in [0.1, 0.15) is 35.9 Å². The number of ether oxygens (including phenoxy) is 2. The van der Waals surface area contributed by atoms with E-state index < -0.39 is 0 Å². The number of methoxy groups -OCH3 is 2. The Morgan fingerprint density at radius 3 is 2.71 bits per heavy atom. The molecule has 0 radical (unpaired) electrons. The van der Waals surface area contributed by atoms with E-state index in [-0.39, 0.29) is 11.9 Å². The summed E-state index contributed by atoms with van der Waals surface area (Å²) in [5.74, 6) is 0.418. The van der Waals surface area contributed by atoms with Gasteiger partial charge in [-0.25, -0.2) is 0 Å². The third kappa shape index (κ3) is 3.79. The van der Waals surface area contributed by atoms with Gasteiger partial charge in [0.2, 0.25) is 0 Å². The molecule has 1 aromatic rings. The number of carbonyl (C=O) groups is 1. The fourth-order valence-corrected chi connectivity index (χ4v) is 3.09. The van der Waals surface area contributed by atoms with Gasteiger partial charge in [-0.15, -0.1) is 11.3 Å². The molecular weight excluding hydrogens is 290 g/mol. The van der Waals surface area contributed by atoms with Gasteiger partial charge in [0.25, 0.3) is 5.91 Å². The minimum absolute atomic E-state index is 0.119. The SMILES string of the molecule is CCC(COC)Nc1sc(C(=O)NC2CC2)c(N)c1OC. The standard InChI is InChI=1S/C14H23N3O3S/c1-4-8(7-19-2)17-14-11(20-3)10(15)12(21-14)13(18)16-9-5-6-9/h8-9,17H,4-7,15H2,1-3H3,(H,16,18). The molecule has 0 spiro atoms. The van der Waals surface area contributed by atoms with Gasteiger partial charge in [-0.2, -0.15) is 0 Å². The van der Waals surface area contributed by atoms with Gasteiger partial charge in [-0.1, -0.05) is 6.92 Å². The van der Waals surface area contributed by atoms with E-state index >= 15 is 0 Å². The predicted molar refractivity (Wildman–Crippen MR) is 85.3 cm³/mol. The molecule has 0 aliphatic heterocycles. The minimum Gasteiger partial charge on any atom is -0.492 e. The van der Waals surface area contributed by atoms with Crippen LogP contribution in [0, 0.1) is 0 Å². The third-order valence-electron chi connectivity index (χ3n) is 3.42. The number of carbonyl (C=O) groups excluding carboxylic acids is 1. The Kier molecular flexibility index (Phi) is 5.30. The van der Waals surface area contributed by atoms with Crippen LogP contribution in [-0.2, 0) is 4.74 Å². The van der Waals surface area contributed by atoms with E-state index in [1.165, 1.54) is 11.3 Å². The molecule has 7 heteroatoms. The third-order valence-corrected chi connectivity index (χ3v) is 4.54. The Hall–Kier alpha value is -1.47. The highest BCUT2D eigenvalue weighted by molar-refractivity contribution is 7.19. The number of anilines is 2. The fourth-order valence-electron chi connectivity index (χ4n) is 2.02. The van der Waals surface area contributed by atoms with Crippen molar-refractivity contribution < 1.29 is 14.3 Å². The minimum atomic E-state index is -0.119. The Morgan fingerprint density at radius 1 is 1.48 bits per heavy atom. The molecule has 118 valence electrons. The number of nitrogens with two attached hydrogens (primary N) is 1. The first-order valence-corrected chi connectivity index (χ1v) is 7.94. The van der Waals surface area contributed by atoms with Crippen LogP contribution in [0.4, 0.5) is 10.7 Å². The number of hydrogen-bond donors (Lipinski definition) is 3. The highest BCUT2D eigenvalue weighted by Crippen LogP contribution is 2.43. The van der Waals surface area contributed by atoms with Crippen molar-refractivity contribution in [2.24, 2.45) is 0 Å². The maximum absolute atomic E-state index is 12.2. The number of nitrogen functional groups attached to an aromatic ring is 1. The number of hydrogen-bond acceptors (Lipinski definition) is 6. The first-order valence-electron chi connectivity index (χ1n) is 7.13. The molecule has 1 unspecified atom stereocenters. The Morgan fingerprint density at radius 2 is 2.19 bits per heavy atom. The molecule has 1 fully saturated rings. The molecule has 2 rings (SSSR count). The zero-order valence-electron chi connectivity index (χ0n) is 12.7. The highest BCUT2D eigenvalue weighted by atomic mass is 32.1. The summed E-state index contributed by atoms with van der Waals surface area (Å²) in [5.41, 5.74) is 6.45. The molecule has 4 N–H and O–H groups in total. The van der Waals surface area contributed by atoms with Gasteiger partial charge >= 0.3 is 0 Å². The summed E-state index contributed by atoms with van der Waals surface area (Å²) in [5, 5.41) is 7.07. The molecule has 0 aromatic carbocycles. The molecule has 1 amide bonds. The maximum Gasteiger partial charge on any atom is 0.263 e. The van der Waals surface area contributed by atoms with Gasteiger partial charge in [-0.3, -0.25) is 4.79 Å². The largest absolute Gasteiger partial charge is 0.492 e. The van der Waals surface area contributed by atoms with E-state index in [2.05, 4.69) is 17.6 Å². The van der Waals surface area contributed by atoms with Crippen LogP contribution in [0.25, 0.3) is 0 Å². The first-order chi connectivity index (χ1) is 10.1. The van der Waals surface area contributed by atoms with Crippen molar-refractivity contribution in [2.75, 3.05) is 31.9 Å². The van der Waals surface area contributed by atoms with E-state index in [1.807, 2.05) is 0 Å². The summed E-state index contributed by atoms with van der Waals surface area (Å²) in [6.07, 6.45) is 2.99. The zero-order chi connectivity index (χ0) is 15.4. The summed E-state index contributed by atoms with van der Waals surface area (Å²) in [6, 6.07) is 0.458. The first kappa shape index (κ1) is 15.9. The molecular formula is C14H23N3O3S. The average molecular weight is 313 g/mol. The predicted octanol–water partition coefficient (Wildman–Crippen LogP) is 2.07. The van der Waals surface area contributed by atoms with Crippen molar-refractivity contribution in [3.8, 4) is 5.75 Å². The van der Waals surface area contributed by atoms with E-state index in [4.69, 9.17) is 15.2 Å². The van der Waals surface area contributed by atoms with Crippen molar-refractivity contribution in [1.29, 1.82) is 0 Å². The van der Waals surface area contributed by atoms with Gasteiger partial charge in [0.15, 0.2) is 5.75 Å². The quantitative estimate of drug-likeness (QED) is 0.684. The molecule has 1 saturated carbocycles. The van der Waals surface area contributed by atoms with E-state index in [0.717, 1.165) is 24.3 Å². The van der Waals surface area contributed by atoms with Gasteiger partial charge in [-0.05, 0) is 19.3 Å². The lowest BCUT2D eigenvalue weighted by Crippen LogP contribution is -2.25. The van der Waals surface area contributed by atoms with Crippen LogP contribution >= 0.6 is 11.3 Å². The number of thiophene rings is 1. The molecule has 0 bridgehead atoms. The Labute approximate surface area is 129 Å². The van der Waals surface area contributed by atoms with E-state index in [9.17, 15) is 4.79 Å². The lowest BCUT2D eigenvalue weighted by atomic mass is 10.2. The Bertz CT molecular complexity index is 500. The lowest BCUT2D eigenvalue weighted by molar-refractivity contribution is 0.0956. The molecule has 21 heavy (non-hydrogen) atoms. The summed E-state index contributed by atoms with van der Waals surface area (Å²) < 4.78 is 10.5. The van der Waals surface area contributed by atoms with Crippen LogP contribution in [0.5, 0.6) is 5.75 Å². The fraction of sp³-hybridized carbons (Fsp3) is 0.643. The number of nitrogens with one attached hydrogen (secondary N) is 2. The molecule has 1 aromatic heterocycles. The second kappa shape index (κ2) is 7.00. The van der Waals surface area contributed by atoms with Gasteiger partial charge in [0, 0.05) is 13.2 Å². The summed E-state index contributed by atoms with van der Waals surface area (Å²) in [6.45, 7) is 2.65. The van der Waals surface area contributed by atoms with E-state index in [1.54, 1.807) is 14.2 Å². The van der Waals surface area contributed by atoms with Crippen LogP contribution in [-0.4, -0.2) is 38.8 Å². The second-order valence-electron chi connectivity index (χ2n) is 5.16. The summed E-state index contributed by atoms with van der Waals surface area (Å²) in [4.78, 5) is 12.7. The van der Waals surface area contributed by atoms with Gasteiger partial charge in [0.05, 0.1) is 19.8 Å². The topological polar surface area (TPSA) is 85.6 Å². The van der Waals surface area contributed by atoms with Crippen LogP contribution in [0.2, 0.25) is 0 Å². The monoisotopic (exact) mass is 313 g/mol. The normalized spacial score (nSPS) is 15.6. The maximum atomic E-state index is 12.2. The van der Waals surface area contributed by atoms with Crippen molar-refractivity contribution in [1.82, 2.24) is 5.32 Å². The molecule has 1 heterocycles. The zero-order valence-corrected chi connectivity index (χ0v) is 13.5. The lowest BCUT2D eigenvalue weighted by Gasteiger charge is -2.16. The van der Waals surface area contributed by atoms with Gasteiger partial charge in [0.1, 0.15) is 15.6 Å². The average Bonchev–Trinajstić information content (AvgIpc) is 3.21. The Balaban J connectivity index is 2.17. The van der Waals surface area contributed by atoms with Crippen molar-refractivity contribution in [2.45, 2.75) is 38.3 Å². The highest BCUT2D eigenvalue weighted by Gasteiger charge is 2.28. The number of amides is 1. The van der Waals surface area contributed by atoms with Crippen molar-refractivity contribution >= 4 is 27.9 Å². The van der Waals surface area contributed by atoms with Gasteiger partial charge < -0.3 is 25.8 Å². The van der Waals surface area contributed by atoms with E-state index in [0.29, 0.717) is 29.0 Å². The molecule has 6 nitrogen and oxygen atoms in total. The van der Waals surface area contributed by atoms with Crippen LogP contribution in [0.15, 0.2) is 0 Å². The van der Waals surface area contributed by atoms with Crippen LogP contribution in [0.3, 0.4) is 0 Å². The molecule has 1 aliphatic rings. The summed E-state index contributed by atoms with van der Waals surface area (Å²) in [7, 11) is 3.22. The van der Waals surface area contributed by atoms with Crippen LogP contribution < -0.4 is 21.1 Å². The molecule has 0 saturated heterocycles. The second-order valence-corrected chi connectivity index (χ2v) is 6.18.